The number of fused-ring (bicyclic) bond motifs is 1. The Kier molecular flexibility index (Phi) is 7.65. The molecule has 1 aliphatic carbocycles. The van der Waals surface area contributed by atoms with E-state index in [1.165, 1.54) is 24.2 Å². The number of carbonyl (C=O) groups excluding carboxylic acids is 1. The van der Waals surface area contributed by atoms with Crippen LogP contribution in [0.3, 0.4) is 0 Å². The molecule has 10 heteroatoms. The lowest BCUT2D eigenvalue weighted by Gasteiger charge is -2.27. The summed E-state index contributed by atoms with van der Waals surface area (Å²) < 4.78 is 30.0. The van der Waals surface area contributed by atoms with Crippen molar-refractivity contribution in [2.75, 3.05) is 39.9 Å². The van der Waals surface area contributed by atoms with Crippen molar-refractivity contribution in [2.45, 2.75) is 52.2 Å². The molecule has 3 aromatic rings. The number of hydrogen-bond acceptors (Lipinski definition) is 8. The molecule has 0 unspecified atom stereocenters. The first-order valence-corrected chi connectivity index (χ1v) is 12.9. The number of carbonyl (C=O) groups is 1. The predicted molar refractivity (Wildman–Crippen MR) is 140 cm³/mol. The van der Waals surface area contributed by atoms with E-state index in [4.69, 9.17) is 28.8 Å². The van der Waals surface area contributed by atoms with Crippen LogP contribution in [0.5, 0.6) is 17.4 Å². The van der Waals surface area contributed by atoms with E-state index in [9.17, 15) is 4.79 Å². The van der Waals surface area contributed by atoms with Crippen LogP contribution >= 0.6 is 11.3 Å². The molecule has 0 saturated heterocycles. The maximum Gasteiger partial charge on any atom is 0.415 e. The third kappa shape index (κ3) is 5.39. The van der Waals surface area contributed by atoms with Crippen LogP contribution < -0.4 is 19.1 Å². The Labute approximate surface area is 215 Å². The van der Waals surface area contributed by atoms with Crippen molar-refractivity contribution in [3.8, 4) is 28.6 Å². The van der Waals surface area contributed by atoms with Crippen molar-refractivity contribution in [3.63, 3.8) is 0 Å². The summed E-state index contributed by atoms with van der Waals surface area (Å²) in [5.41, 5.74) is 2.43. The number of ether oxygens (including phenoxy) is 5. The number of rotatable bonds is 10. The van der Waals surface area contributed by atoms with Gasteiger partial charge in [0.15, 0.2) is 0 Å². The zero-order valence-electron chi connectivity index (χ0n) is 22.0. The molecule has 1 saturated carbocycles. The van der Waals surface area contributed by atoms with Crippen molar-refractivity contribution in [1.29, 1.82) is 0 Å². The van der Waals surface area contributed by atoms with Crippen molar-refractivity contribution >= 4 is 27.9 Å². The highest BCUT2D eigenvalue weighted by Crippen LogP contribution is 2.45. The highest BCUT2D eigenvalue weighted by Gasteiger charge is 2.33. The van der Waals surface area contributed by atoms with Gasteiger partial charge in [-0.2, -0.15) is 0 Å². The smallest absolute Gasteiger partial charge is 0.415 e. The Balaban J connectivity index is 1.84. The van der Waals surface area contributed by atoms with Gasteiger partial charge in [-0.05, 0) is 50.8 Å². The van der Waals surface area contributed by atoms with Crippen LogP contribution in [0.2, 0.25) is 0 Å². The zero-order chi connectivity index (χ0) is 26.0. The molecule has 196 valence electrons. The Morgan fingerprint density at radius 1 is 1.11 bits per heavy atom. The minimum atomic E-state index is -0.625. The number of thiazole rings is 1. The summed E-state index contributed by atoms with van der Waals surface area (Å²) in [6.45, 7) is 6.55. The van der Waals surface area contributed by atoms with E-state index in [0.29, 0.717) is 42.1 Å². The van der Waals surface area contributed by atoms with E-state index < -0.39 is 11.7 Å². The fourth-order valence-electron chi connectivity index (χ4n) is 4.14. The third-order valence-corrected chi connectivity index (χ3v) is 6.90. The molecule has 0 atom stereocenters. The zero-order valence-corrected chi connectivity index (χ0v) is 22.9. The number of anilines is 1. The lowest BCUT2D eigenvalue weighted by Crippen LogP contribution is -2.37. The topological polar surface area (TPSA) is 83.8 Å². The lowest BCUT2D eigenvalue weighted by molar-refractivity contribution is 0.0579. The van der Waals surface area contributed by atoms with E-state index >= 15 is 0 Å². The molecule has 0 aliphatic heterocycles. The van der Waals surface area contributed by atoms with E-state index in [2.05, 4.69) is 0 Å². The van der Waals surface area contributed by atoms with Crippen molar-refractivity contribution in [1.82, 2.24) is 9.61 Å². The summed E-state index contributed by atoms with van der Waals surface area (Å²) in [4.78, 5) is 15.8. The van der Waals surface area contributed by atoms with Gasteiger partial charge in [0.25, 0.3) is 5.88 Å². The van der Waals surface area contributed by atoms with Crippen LogP contribution in [-0.2, 0) is 16.1 Å². The fraction of sp³-hybridized carbons (Fsp3) is 0.538. The Hall–Kier alpha value is -2.98. The minimum Gasteiger partial charge on any atom is -0.496 e. The number of amides is 1. The Morgan fingerprint density at radius 2 is 1.78 bits per heavy atom. The molecule has 2 heterocycles. The van der Waals surface area contributed by atoms with Crippen LogP contribution in [0.4, 0.5) is 10.5 Å². The average Bonchev–Trinajstić information content (AvgIpc) is 3.46. The van der Waals surface area contributed by atoms with Crippen LogP contribution in [0, 0.1) is 5.92 Å². The van der Waals surface area contributed by atoms with Crippen molar-refractivity contribution in [3.05, 3.63) is 23.1 Å². The van der Waals surface area contributed by atoms with Gasteiger partial charge in [0.2, 0.25) is 0 Å². The monoisotopic (exact) mass is 517 g/mol. The quantitative estimate of drug-likeness (QED) is 0.337. The van der Waals surface area contributed by atoms with Gasteiger partial charge < -0.3 is 23.7 Å². The summed E-state index contributed by atoms with van der Waals surface area (Å²) >= 11 is 1.47. The number of nitrogens with zero attached hydrogens (tertiary/aromatic N) is 3. The summed E-state index contributed by atoms with van der Waals surface area (Å²) in [6.07, 6.45) is 2.89. The summed E-state index contributed by atoms with van der Waals surface area (Å²) in [5.74, 6) is 2.27. The highest BCUT2D eigenvalue weighted by molar-refractivity contribution is 7.16. The molecule has 1 aliphatic rings. The van der Waals surface area contributed by atoms with Crippen molar-refractivity contribution in [2.24, 2.45) is 5.92 Å². The maximum absolute atomic E-state index is 13.3. The highest BCUT2D eigenvalue weighted by atomic mass is 32.1. The number of methoxy groups -OCH3 is 4. The molecule has 1 amide bonds. The molecular formula is C26H35N3O6S. The predicted octanol–water partition coefficient (Wildman–Crippen LogP) is 5.78. The van der Waals surface area contributed by atoms with Crippen LogP contribution in [0.25, 0.3) is 16.1 Å². The van der Waals surface area contributed by atoms with Gasteiger partial charge in [-0.1, -0.05) is 12.8 Å². The standard InChI is InChI=1S/C26H35N3O6S/c1-26(2,3)35-25(30)28(11-10-16-8-9-16)22-23(34-7)27-29-18(15-36-24(22)29)21-19(32-5)12-17(14-31-4)13-20(21)33-6/h12-13,15-16H,8-11,14H2,1-7H3. The minimum absolute atomic E-state index is 0.360. The van der Waals surface area contributed by atoms with E-state index in [0.717, 1.165) is 28.1 Å². The molecule has 4 rings (SSSR count). The number of benzene rings is 1. The maximum atomic E-state index is 13.3. The number of hydrogen-bond donors (Lipinski definition) is 0. The molecular weight excluding hydrogens is 482 g/mol. The van der Waals surface area contributed by atoms with Gasteiger partial charge >= 0.3 is 6.09 Å². The Morgan fingerprint density at radius 3 is 2.31 bits per heavy atom. The fourth-order valence-corrected chi connectivity index (χ4v) is 5.13. The van der Waals surface area contributed by atoms with Crippen LogP contribution in [0.15, 0.2) is 17.5 Å². The summed E-state index contributed by atoms with van der Waals surface area (Å²) in [5, 5.41) is 6.72. The molecule has 0 bridgehead atoms. The van der Waals surface area contributed by atoms with Crippen molar-refractivity contribution < 1.29 is 28.5 Å². The van der Waals surface area contributed by atoms with E-state index in [-0.39, 0.29) is 0 Å². The van der Waals surface area contributed by atoms with E-state index in [1.54, 1.807) is 37.9 Å². The first-order valence-electron chi connectivity index (χ1n) is 12.0. The molecule has 0 radical (unpaired) electrons. The van der Waals surface area contributed by atoms with Gasteiger partial charge in [0.1, 0.15) is 27.6 Å². The second-order valence-electron chi connectivity index (χ2n) is 9.87. The number of aromatic nitrogens is 2. The van der Waals surface area contributed by atoms with Gasteiger partial charge in [-0.15, -0.1) is 16.4 Å². The molecule has 1 fully saturated rings. The van der Waals surface area contributed by atoms with Crippen LogP contribution in [0.1, 0.15) is 45.6 Å². The van der Waals surface area contributed by atoms with Gasteiger partial charge in [-0.25, -0.2) is 9.31 Å². The molecule has 1 aromatic carbocycles. The first kappa shape index (κ1) is 26.1. The van der Waals surface area contributed by atoms with Gasteiger partial charge in [-0.3, -0.25) is 4.90 Å². The Bertz CT molecular complexity index is 1200. The van der Waals surface area contributed by atoms with Gasteiger partial charge in [0.05, 0.1) is 39.2 Å². The second-order valence-corrected chi connectivity index (χ2v) is 10.7. The van der Waals surface area contributed by atoms with E-state index in [1.807, 2.05) is 38.3 Å². The molecule has 36 heavy (non-hydrogen) atoms. The average molecular weight is 518 g/mol. The third-order valence-electron chi connectivity index (χ3n) is 5.97. The molecule has 0 spiro atoms. The summed E-state index contributed by atoms with van der Waals surface area (Å²) in [6, 6.07) is 3.85. The SMILES string of the molecule is COCc1cc(OC)c(-c2csc3c(N(CCC4CC4)C(=O)OC(C)(C)C)c(OC)nn23)c(OC)c1. The van der Waals surface area contributed by atoms with Crippen LogP contribution in [-0.4, -0.2) is 56.3 Å². The molecule has 2 aromatic heterocycles. The normalized spacial score (nSPS) is 13.6. The van der Waals surface area contributed by atoms with Gasteiger partial charge in [0, 0.05) is 19.0 Å². The molecule has 0 N–H and O–H groups in total. The first-order chi connectivity index (χ1) is 17.2. The lowest BCUT2D eigenvalue weighted by atomic mass is 10.1. The second kappa shape index (κ2) is 10.6. The molecule has 9 nitrogen and oxygen atoms in total. The largest absolute Gasteiger partial charge is 0.496 e. The summed E-state index contributed by atoms with van der Waals surface area (Å²) in [7, 11) is 6.45.